The van der Waals surface area contributed by atoms with Crippen molar-refractivity contribution in [1.82, 2.24) is 4.90 Å². The summed E-state index contributed by atoms with van der Waals surface area (Å²) in [4.78, 5) is 26.3. The molecule has 0 aliphatic rings. The second-order valence-electron chi connectivity index (χ2n) is 7.84. The van der Waals surface area contributed by atoms with E-state index in [2.05, 4.69) is 26.0 Å². The Balaban J connectivity index is 1.78. The topological polar surface area (TPSA) is 66.8 Å². The van der Waals surface area contributed by atoms with Gasteiger partial charge in [0, 0.05) is 13.1 Å². The average molecular weight is 452 g/mol. The Bertz CT molecular complexity index is 1060. The largest absolute Gasteiger partial charge is 0.481 e. The van der Waals surface area contributed by atoms with Gasteiger partial charge < -0.3 is 14.7 Å². The molecule has 0 aliphatic carbocycles. The summed E-state index contributed by atoms with van der Waals surface area (Å²) in [6.45, 7) is 4.77. The lowest BCUT2D eigenvalue weighted by atomic mass is 10.0. The molecule has 1 N–H and O–H groups in total. The summed E-state index contributed by atoms with van der Waals surface area (Å²) in [6, 6.07) is 22.4. The minimum Gasteiger partial charge on any atom is -0.481 e. The molecule has 6 heteroatoms. The van der Waals surface area contributed by atoms with Crippen LogP contribution in [-0.4, -0.2) is 28.5 Å². The molecule has 0 saturated heterocycles. The molecule has 0 atom stereocenters. The lowest BCUT2D eigenvalue weighted by molar-refractivity contribution is -0.134. The predicted molar refractivity (Wildman–Crippen MR) is 125 cm³/mol. The molecule has 1 amide bonds. The van der Waals surface area contributed by atoms with E-state index in [1.807, 2.05) is 42.5 Å². The van der Waals surface area contributed by atoms with E-state index in [-0.39, 0.29) is 28.8 Å². The molecule has 166 valence electrons. The van der Waals surface area contributed by atoms with Crippen LogP contribution in [-0.2, 0) is 17.9 Å². The van der Waals surface area contributed by atoms with E-state index in [0.717, 1.165) is 11.1 Å². The summed E-state index contributed by atoms with van der Waals surface area (Å²) in [5, 5.41) is 9.53. The molecule has 5 nitrogen and oxygen atoms in total. The van der Waals surface area contributed by atoms with Gasteiger partial charge in [0.05, 0.1) is 5.02 Å². The number of aromatic carboxylic acids is 1. The van der Waals surface area contributed by atoms with E-state index in [1.165, 1.54) is 23.8 Å². The Morgan fingerprint density at radius 2 is 1.53 bits per heavy atom. The number of carbonyl (C=O) groups excluding carboxylic acids is 1. The second kappa shape index (κ2) is 10.8. The van der Waals surface area contributed by atoms with E-state index in [9.17, 15) is 14.7 Å². The van der Waals surface area contributed by atoms with Gasteiger partial charge in [-0.1, -0.05) is 86.1 Å². The number of carboxylic acids is 1. The van der Waals surface area contributed by atoms with Crippen molar-refractivity contribution in [3.8, 4) is 5.75 Å². The third-order valence-electron chi connectivity index (χ3n) is 5.13. The average Bonchev–Trinajstić information content (AvgIpc) is 2.78. The number of para-hydroxylation sites is 1. The SMILES string of the molecule is CC(C)c1ccc(CN(Cc2ccccc2)C(=O)COc2c(Cl)cccc2C(=O)O)cc1. The molecule has 0 saturated carbocycles. The van der Waals surface area contributed by atoms with Crippen LogP contribution in [0.5, 0.6) is 5.75 Å². The maximum Gasteiger partial charge on any atom is 0.339 e. The molecule has 0 bridgehead atoms. The third kappa shape index (κ3) is 6.11. The molecule has 3 aromatic rings. The summed E-state index contributed by atoms with van der Waals surface area (Å²) < 4.78 is 5.59. The van der Waals surface area contributed by atoms with Gasteiger partial charge in [-0.25, -0.2) is 4.79 Å². The Kier molecular flexibility index (Phi) is 7.90. The molecule has 0 aromatic heterocycles. The van der Waals surface area contributed by atoms with Gasteiger partial charge in [0.1, 0.15) is 5.56 Å². The summed E-state index contributed by atoms with van der Waals surface area (Å²) >= 11 is 6.12. The molecule has 0 fully saturated rings. The Hall–Kier alpha value is -3.31. The van der Waals surface area contributed by atoms with Gasteiger partial charge in [-0.05, 0) is 34.7 Å². The fourth-order valence-corrected chi connectivity index (χ4v) is 3.54. The molecule has 0 aliphatic heterocycles. The van der Waals surface area contributed by atoms with Gasteiger partial charge >= 0.3 is 5.97 Å². The van der Waals surface area contributed by atoms with E-state index in [1.54, 1.807) is 4.90 Å². The lowest BCUT2D eigenvalue weighted by Gasteiger charge is -2.24. The van der Waals surface area contributed by atoms with Crippen molar-refractivity contribution in [3.05, 3.63) is 100 Å². The number of hydrogen-bond donors (Lipinski definition) is 1. The smallest absolute Gasteiger partial charge is 0.339 e. The Morgan fingerprint density at radius 3 is 2.12 bits per heavy atom. The molecule has 0 radical (unpaired) electrons. The zero-order valence-corrected chi connectivity index (χ0v) is 18.9. The second-order valence-corrected chi connectivity index (χ2v) is 8.25. The number of amides is 1. The number of benzene rings is 3. The molecule has 0 spiro atoms. The van der Waals surface area contributed by atoms with Gasteiger partial charge in [0.15, 0.2) is 12.4 Å². The van der Waals surface area contributed by atoms with Gasteiger partial charge in [-0.2, -0.15) is 0 Å². The molecule has 0 unspecified atom stereocenters. The first kappa shape index (κ1) is 23.4. The molecular weight excluding hydrogens is 426 g/mol. The van der Waals surface area contributed by atoms with Crippen LogP contribution >= 0.6 is 11.6 Å². The highest BCUT2D eigenvalue weighted by Gasteiger charge is 2.19. The number of carboxylic acid groups (broad SMARTS) is 1. The lowest BCUT2D eigenvalue weighted by Crippen LogP contribution is -2.34. The highest BCUT2D eigenvalue weighted by molar-refractivity contribution is 6.32. The third-order valence-corrected chi connectivity index (χ3v) is 5.42. The first-order valence-electron chi connectivity index (χ1n) is 10.4. The maximum atomic E-state index is 13.1. The number of halogens is 1. The van der Waals surface area contributed by atoms with Crippen LogP contribution < -0.4 is 4.74 Å². The van der Waals surface area contributed by atoms with Crippen molar-refractivity contribution in [2.24, 2.45) is 0 Å². The zero-order valence-electron chi connectivity index (χ0n) is 18.1. The van der Waals surface area contributed by atoms with E-state index >= 15 is 0 Å². The monoisotopic (exact) mass is 451 g/mol. The maximum absolute atomic E-state index is 13.1. The number of carbonyl (C=O) groups is 2. The van der Waals surface area contributed by atoms with Crippen LogP contribution in [0.25, 0.3) is 0 Å². The molecular formula is C26H26ClNO4. The van der Waals surface area contributed by atoms with Crippen LogP contribution in [0.15, 0.2) is 72.8 Å². The van der Waals surface area contributed by atoms with Crippen LogP contribution in [0.3, 0.4) is 0 Å². The summed E-state index contributed by atoms with van der Waals surface area (Å²) in [5.41, 5.74) is 3.15. The fourth-order valence-electron chi connectivity index (χ4n) is 3.31. The van der Waals surface area contributed by atoms with Crippen molar-refractivity contribution in [1.29, 1.82) is 0 Å². The van der Waals surface area contributed by atoms with E-state index < -0.39 is 5.97 Å². The summed E-state index contributed by atoms with van der Waals surface area (Å²) in [7, 11) is 0. The first-order valence-corrected chi connectivity index (χ1v) is 10.8. The predicted octanol–water partition coefficient (Wildman–Crippen LogP) is 5.77. The standard InChI is InChI=1S/C26H26ClNO4/c1-18(2)21-13-11-20(12-14-21)16-28(15-19-7-4-3-5-8-19)24(29)17-32-25-22(26(30)31)9-6-10-23(25)27/h3-14,18H,15-17H2,1-2H3,(H,30,31). The molecule has 3 rings (SSSR count). The fraction of sp³-hybridized carbons (Fsp3) is 0.231. The Morgan fingerprint density at radius 1 is 0.906 bits per heavy atom. The highest BCUT2D eigenvalue weighted by atomic mass is 35.5. The molecule has 32 heavy (non-hydrogen) atoms. The zero-order chi connectivity index (χ0) is 23.1. The minimum absolute atomic E-state index is 0.00374. The quantitative estimate of drug-likeness (QED) is 0.448. The normalized spacial score (nSPS) is 10.8. The number of hydrogen-bond acceptors (Lipinski definition) is 3. The number of ether oxygens (including phenoxy) is 1. The van der Waals surface area contributed by atoms with Crippen LogP contribution in [0.2, 0.25) is 5.02 Å². The highest BCUT2D eigenvalue weighted by Crippen LogP contribution is 2.29. The van der Waals surface area contributed by atoms with Gasteiger partial charge in [-0.15, -0.1) is 0 Å². The summed E-state index contributed by atoms with van der Waals surface area (Å²) in [6.07, 6.45) is 0. The van der Waals surface area contributed by atoms with Crippen LogP contribution in [0, 0.1) is 0 Å². The van der Waals surface area contributed by atoms with Gasteiger partial charge in [0.25, 0.3) is 5.91 Å². The van der Waals surface area contributed by atoms with Crippen LogP contribution in [0.4, 0.5) is 0 Å². The number of nitrogens with zero attached hydrogens (tertiary/aromatic N) is 1. The van der Waals surface area contributed by atoms with Crippen molar-refractivity contribution >= 4 is 23.5 Å². The summed E-state index contributed by atoms with van der Waals surface area (Å²) in [5.74, 6) is -1.01. The van der Waals surface area contributed by atoms with Crippen molar-refractivity contribution in [3.63, 3.8) is 0 Å². The van der Waals surface area contributed by atoms with E-state index in [0.29, 0.717) is 19.0 Å². The van der Waals surface area contributed by atoms with Crippen molar-refractivity contribution in [2.45, 2.75) is 32.9 Å². The first-order chi connectivity index (χ1) is 15.3. The van der Waals surface area contributed by atoms with Crippen molar-refractivity contribution < 1.29 is 19.4 Å². The van der Waals surface area contributed by atoms with E-state index in [4.69, 9.17) is 16.3 Å². The van der Waals surface area contributed by atoms with Crippen molar-refractivity contribution in [2.75, 3.05) is 6.61 Å². The van der Waals surface area contributed by atoms with Gasteiger partial charge in [0.2, 0.25) is 0 Å². The molecule has 3 aromatic carbocycles. The minimum atomic E-state index is -1.17. The molecule has 0 heterocycles. The number of rotatable bonds is 9. The van der Waals surface area contributed by atoms with Crippen LogP contribution in [0.1, 0.15) is 46.8 Å². The Labute approximate surface area is 193 Å². The van der Waals surface area contributed by atoms with Gasteiger partial charge in [-0.3, -0.25) is 4.79 Å².